The minimum Gasteiger partial charge on any atom is -0.393 e. The molecule has 30 heavy (non-hydrogen) atoms. The van der Waals surface area contributed by atoms with Crippen LogP contribution in [0.2, 0.25) is 0 Å². The van der Waals surface area contributed by atoms with E-state index in [0.29, 0.717) is 11.4 Å². The van der Waals surface area contributed by atoms with Crippen molar-refractivity contribution >= 4 is 6.08 Å². The molecule has 0 spiro atoms. The second-order valence-electron chi connectivity index (χ2n) is 7.41. The maximum absolute atomic E-state index is 14.6. The maximum Gasteiger partial charge on any atom is 0.162 e. The van der Waals surface area contributed by atoms with Crippen molar-refractivity contribution in [3.63, 3.8) is 0 Å². The van der Waals surface area contributed by atoms with Crippen LogP contribution in [0.4, 0.5) is 4.39 Å². The molecule has 0 bridgehead atoms. The van der Waals surface area contributed by atoms with E-state index >= 15 is 0 Å². The fourth-order valence-electron chi connectivity index (χ4n) is 3.18. The summed E-state index contributed by atoms with van der Waals surface area (Å²) in [5.74, 6) is 0.0228. The number of benzene rings is 2. The highest BCUT2D eigenvalue weighted by molar-refractivity contribution is 5.65. The van der Waals surface area contributed by atoms with Gasteiger partial charge in [-0.15, -0.1) is 6.58 Å². The number of halogens is 1. The smallest absolute Gasteiger partial charge is 0.162 e. The predicted octanol–water partition coefficient (Wildman–Crippen LogP) is 6.24. The fraction of sp³-hybridized carbons (Fsp3) is 0.231. The Morgan fingerprint density at radius 1 is 1.07 bits per heavy atom. The number of hydrogen-bond donors (Lipinski definition) is 1. The van der Waals surface area contributed by atoms with E-state index in [9.17, 15) is 9.50 Å². The number of unbranched alkanes of at least 4 members (excludes halogenated alkanes) is 1. The lowest BCUT2D eigenvalue weighted by molar-refractivity contribution is 0.182. The highest BCUT2D eigenvalue weighted by Gasteiger charge is 2.09. The highest BCUT2D eigenvalue weighted by atomic mass is 19.1. The Bertz CT molecular complexity index is 993. The van der Waals surface area contributed by atoms with Crippen molar-refractivity contribution in [2.24, 2.45) is 0 Å². The molecular weight excluding hydrogens is 375 g/mol. The van der Waals surface area contributed by atoms with Gasteiger partial charge >= 0.3 is 0 Å². The second kappa shape index (κ2) is 10.6. The Morgan fingerprint density at radius 2 is 1.80 bits per heavy atom. The number of hydrogen-bond acceptors (Lipinski definition) is 3. The molecule has 0 amide bonds. The minimum absolute atomic E-state index is 0.280. The number of nitrogens with zero attached hydrogens (tertiary/aromatic N) is 2. The molecule has 0 fully saturated rings. The summed E-state index contributed by atoms with van der Waals surface area (Å²) in [5, 5.41) is 9.27. The number of aliphatic hydroxyl groups is 1. The normalized spacial score (nSPS) is 12.2. The zero-order chi connectivity index (χ0) is 21.3. The average Bonchev–Trinajstić information content (AvgIpc) is 2.74. The summed E-state index contributed by atoms with van der Waals surface area (Å²) in [4.78, 5) is 8.74. The van der Waals surface area contributed by atoms with Crippen LogP contribution in [0.5, 0.6) is 0 Å². The Morgan fingerprint density at radius 3 is 2.43 bits per heavy atom. The molecule has 0 saturated heterocycles. The first-order valence-electron chi connectivity index (χ1n) is 10.2. The molecule has 1 heterocycles. The van der Waals surface area contributed by atoms with Crippen molar-refractivity contribution in [3.8, 4) is 22.5 Å². The van der Waals surface area contributed by atoms with Crippen LogP contribution in [0, 0.1) is 5.82 Å². The zero-order valence-electron chi connectivity index (χ0n) is 17.3. The van der Waals surface area contributed by atoms with E-state index in [4.69, 9.17) is 0 Å². The van der Waals surface area contributed by atoms with Crippen molar-refractivity contribution in [1.82, 2.24) is 9.97 Å². The van der Waals surface area contributed by atoms with Gasteiger partial charge in [-0.1, -0.05) is 48.6 Å². The molecule has 154 valence electrons. The molecule has 1 atom stereocenters. The lowest BCUT2D eigenvalue weighted by atomic mass is 10.0. The molecule has 3 nitrogen and oxygen atoms in total. The van der Waals surface area contributed by atoms with Crippen LogP contribution < -0.4 is 0 Å². The molecule has 3 rings (SSSR count). The summed E-state index contributed by atoms with van der Waals surface area (Å²) in [7, 11) is 0. The maximum atomic E-state index is 14.6. The number of allylic oxidation sites excluding steroid dienone is 2. The van der Waals surface area contributed by atoms with E-state index in [0.717, 1.165) is 42.4 Å². The topological polar surface area (TPSA) is 46.0 Å². The Kier molecular flexibility index (Phi) is 7.63. The van der Waals surface area contributed by atoms with Gasteiger partial charge < -0.3 is 5.11 Å². The third-order valence-electron chi connectivity index (χ3n) is 4.86. The fourth-order valence-corrected chi connectivity index (χ4v) is 3.18. The Balaban J connectivity index is 1.68. The number of aromatic nitrogens is 2. The first-order valence-corrected chi connectivity index (χ1v) is 10.2. The van der Waals surface area contributed by atoms with E-state index in [1.54, 1.807) is 25.4 Å². The van der Waals surface area contributed by atoms with E-state index in [1.807, 2.05) is 36.4 Å². The molecule has 1 N–H and O–H groups in total. The summed E-state index contributed by atoms with van der Waals surface area (Å²) < 4.78 is 14.6. The molecule has 2 aromatic carbocycles. The molecule has 4 heteroatoms. The van der Waals surface area contributed by atoms with Gasteiger partial charge in [0.2, 0.25) is 0 Å². The van der Waals surface area contributed by atoms with Gasteiger partial charge in [0.05, 0.1) is 11.7 Å². The van der Waals surface area contributed by atoms with E-state index < -0.39 is 0 Å². The molecule has 0 radical (unpaired) electrons. The van der Waals surface area contributed by atoms with E-state index in [2.05, 4.69) is 28.7 Å². The average molecular weight is 403 g/mol. The molecule has 1 aromatic heterocycles. The quantitative estimate of drug-likeness (QED) is 0.340. The zero-order valence-corrected chi connectivity index (χ0v) is 17.3. The van der Waals surface area contributed by atoms with Gasteiger partial charge in [-0.2, -0.15) is 0 Å². The van der Waals surface area contributed by atoms with Crippen LogP contribution in [0.3, 0.4) is 0 Å². The third kappa shape index (κ3) is 5.94. The van der Waals surface area contributed by atoms with Gasteiger partial charge in [0.25, 0.3) is 0 Å². The highest BCUT2D eigenvalue weighted by Crippen LogP contribution is 2.24. The van der Waals surface area contributed by atoms with Gasteiger partial charge in [0.15, 0.2) is 5.82 Å². The largest absolute Gasteiger partial charge is 0.393 e. The molecule has 0 aliphatic carbocycles. The molecule has 0 aliphatic heterocycles. The predicted molar refractivity (Wildman–Crippen MR) is 121 cm³/mol. The second-order valence-corrected chi connectivity index (χ2v) is 7.41. The first-order chi connectivity index (χ1) is 14.6. The molecule has 0 saturated carbocycles. The molecule has 3 aromatic rings. The third-order valence-corrected chi connectivity index (χ3v) is 4.86. The van der Waals surface area contributed by atoms with Crippen LogP contribution in [0.1, 0.15) is 37.3 Å². The number of aliphatic hydroxyl groups excluding tert-OH is 1. The summed E-state index contributed by atoms with van der Waals surface area (Å²) in [6.45, 7) is 5.54. The minimum atomic E-state index is -0.345. The summed E-state index contributed by atoms with van der Waals surface area (Å²) in [5.41, 5.74) is 4.29. The van der Waals surface area contributed by atoms with Crippen LogP contribution in [0.25, 0.3) is 28.6 Å². The van der Waals surface area contributed by atoms with Gasteiger partial charge in [-0.25, -0.2) is 14.4 Å². The number of rotatable bonds is 9. The van der Waals surface area contributed by atoms with Crippen LogP contribution in [-0.2, 0) is 6.42 Å². The first kappa shape index (κ1) is 21.6. The molecule has 1 unspecified atom stereocenters. The van der Waals surface area contributed by atoms with Crippen molar-refractivity contribution in [1.29, 1.82) is 0 Å². The van der Waals surface area contributed by atoms with Gasteiger partial charge in [0.1, 0.15) is 5.82 Å². The van der Waals surface area contributed by atoms with Crippen LogP contribution in [-0.4, -0.2) is 21.2 Å². The van der Waals surface area contributed by atoms with Crippen molar-refractivity contribution < 1.29 is 9.50 Å². The monoisotopic (exact) mass is 402 g/mol. The Hall–Kier alpha value is -3.11. The Labute approximate surface area is 177 Å². The van der Waals surface area contributed by atoms with Crippen molar-refractivity contribution in [2.75, 3.05) is 0 Å². The van der Waals surface area contributed by atoms with E-state index in [-0.39, 0.29) is 11.9 Å². The SMILES string of the molecule is C=CCc1ccc(-c2cnc(-c3ccc(C=CCCCC(C)O)cc3F)nc2)cc1. The molecular formula is C26H27FN2O. The summed E-state index contributed by atoms with van der Waals surface area (Å²) in [6.07, 6.45) is 12.3. The van der Waals surface area contributed by atoms with Gasteiger partial charge in [-0.3, -0.25) is 0 Å². The van der Waals surface area contributed by atoms with Crippen molar-refractivity contribution in [2.45, 2.75) is 38.7 Å². The molecule has 0 aliphatic rings. The van der Waals surface area contributed by atoms with Gasteiger partial charge in [0, 0.05) is 18.0 Å². The van der Waals surface area contributed by atoms with Crippen molar-refractivity contribution in [3.05, 3.63) is 90.5 Å². The lowest BCUT2D eigenvalue weighted by Crippen LogP contribution is -1.97. The summed E-state index contributed by atoms with van der Waals surface area (Å²) in [6, 6.07) is 13.2. The van der Waals surface area contributed by atoms with E-state index in [1.165, 1.54) is 11.6 Å². The standard InChI is InChI=1S/C26H27FN2O/c1-3-7-20-10-13-22(14-11-20)23-17-28-26(29-18-23)24-15-12-21(16-25(24)27)9-6-4-5-8-19(2)30/h3,6,9-19,30H,1,4-5,7-8H2,2H3. The van der Waals surface area contributed by atoms with Crippen LogP contribution in [0.15, 0.2) is 73.6 Å². The lowest BCUT2D eigenvalue weighted by Gasteiger charge is -2.06. The summed E-state index contributed by atoms with van der Waals surface area (Å²) >= 11 is 0. The van der Waals surface area contributed by atoms with Crippen LogP contribution >= 0.6 is 0 Å². The van der Waals surface area contributed by atoms with Gasteiger partial charge in [-0.05, 0) is 61.4 Å².